The van der Waals surface area contributed by atoms with E-state index in [-0.39, 0.29) is 10.7 Å². The molecule has 0 saturated heterocycles. The molecule has 0 spiro atoms. The first-order valence-corrected chi connectivity index (χ1v) is 6.43. The third-order valence-electron chi connectivity index (χ3n) is 2.95. The Kier molecular flexibility index (Phi) is 3.37. The minimum absolute atomic E-state index is 0.0955. The molecule has 3 aromatic rings. The normalized spacial score (nSPS) is 10.5. The number of para-hydroxylation sites is 1. The summed E-state index contributed by atoms with van der Waals surface area (Å²) in [6, 6.07) is 12.0. The average Bonchev–Trinajstić information content (AvgIpc) is 2.49. The highest BCUT2D eigenvalue weighted by molar-refractivity contribution is 6.32. The Morgan fingerprint density at radius 2 is 1.95 bits per heavy atom. The Balaban J connectivity index is 2.03. The molecule has 0 bridgehead atoms. The number of nitro benzene ring substituents is 1. The Morgan fingerprint density at radius 3 is 2.76 bits per heavy atom. The van der Waals surface area contributed by atoms with Crippen molar-refractivity contribution in [2.24, 2.45) is 0 Å². The predicted molar refractivity (Wildman–Crippen MR) is 80.9 cm³/mol. The number of hydrogen-bond donors (Lipinski definition) is 1. The Hall–Kier alpha value is -2.73. The quantitative estimate of drug-likeness (QED) is 0.585. The van der Waals surface area contributed by atoms with Crippen LogP contribution in [0.5, 0.6) is 0 Å². The van der Waals surface area contributed by atoms with Crippen LogP contribution in [0.3, 0.4) is 0 Å². The second kappa shape index (κ2) is 5.34. The standard InChI is InChI=1S/C14H9ClN4O2/c15-11-6-5-9(7-13(11)19(20)21)18-14-10-3-1-2-4-12(10)16-8-17-14/h1-8H,(H,16,17,18). The largest absolute Gasteiger partial charge is 0.339 e. The molecule has 7 heteroatoms. The average molecular weight is 301 g/mol. The van der Waals surface area contributed by atoms with E-state index in [0.717, 1.165) is 10.9 Å². The fourth-order valence-electron chi connectivity index (χ4n) is 1.97. The number of nitro groups is 1. The molecule has 1 heterocycles. The molecular formula is C14H9ClN4O2. The summed E-state index contributed by atoms with van der Waals surface area (Å²) in [5, 5.41) is 14.9. The monoisotopic (exact) mass is 300 g/mol. The first-order valence-electron chi connectivity index (χ1n) is 6.06. The van der Waals surface area contributed by atoms with E-state index in [1.807, 2.05) is 24.3 Å². The van der Waals surface area contributed by atoms with Crippen LogP contribution in [0.2, 0.25) is 5.02 Å². The zero-order valence-corrected chi connectivity index (χ0v) is 11.4. The van der Waals surface area contributed by atoms with Gasteiger partial charge in [-0.1, -0.05) is 23.7 Å². The molecule has 0 aliphatic heterocycles. The van der Waals surface area contributed by atoms with Crippen LogP contribution in [0.4, 0.5) is 17.2 Å². The molecule has 2 aromatic carbocycles. The van der Waals surface area contributed by atoms with Crippen LogP contribution in [0.1, 0.15) is 0 Å². The maximum absolute atomic E-state index is 10.9. The van der Waals surface area contributed by atoms with Crippen LogP contribution >= 0.6 is 11.6 Å². The van der Waals surface area contributed by atoms with E-state index in [1.165, 1.54) is 18.5 Å². The molecule has 104 valence electrons. The molecular weight excluding hydrogens is 292 g/mol. The zero-order valence-electron chi connectivity index (χ0n) is 10.7. The Morgan fingerprint density at radius 1 is 1.14 bits per heavy atom. The molecule has 0 atom stereocenters. The molecule has 0 aliphatic rings. The van der Waals surface area contributed by atoms with Crippen LogP contribution in [0.25, 0.3) is 10.9 Å². The highest BCUT2D eigenvalue weighted by Gasteiger charge is 2.13. The molecule has 0 radical (unpaired) electrons. The van der Waals surface area contributed by atoms with Crippen molar-refractivity contribution in [3.05, 3.63) is 63.9 Å². The number of hydrogen-bond acceptors (Lipinski definition) is 5. The van der Waals surface area contributed by atoms with E-state index >= 15 is 0 Å². The Bertz CT molecular complexity index is 833. The molecule has 0 amide bonds. The number of benzene rings is 2. The van der Waals surface area contributed by atoms with Gasteiger partial charge in [-0.25, -0.2) is 9.97 Å². The summed E-state index contributed by atoms with van der Waals surface area (Å²) >= 11 is 5.79. The van der Waals surface area contributed by atoms with Gasteiger partial charge in [0.1, 0.15) is 17.2 Å². The third-order valence-corrected chi connectivity index (χ3v) is 3.27. The summed E-state index contributed by atoms with van der Waals surface area (Å²) in [5.41, 5.74) is 1.17. The number of nitrogens with zero attached hydrogens (tertiary/aromatic N) is 3. The van der Waals surface area contributed by atoms with Crippen molar-refractivity contribution in [1.29, 1.82) is 0 Å². The summed E-state index contributed by atoms with van der Waals surface area (Å²) in [4.78, 5) is 18.7. The minimum Gasteiger partial charge on any atom is -0.339 e. The lowest BCUT2D eigenvalue weighted by Crippen LogP contribution is -1.97. The topological polar surface area (TPSA) is 81.0 Å². The summed E-state index contributed by atoms with van der Waals surface area (Å²) in [6.45, 7) is 0. The lowest BCUT2D eigenvalue weighted by atomic mass is 10.2. The van der Waals surface area contributed by atoms with Crippen molar-refractivity contribution in [2.75, 3.05) is 5.32 Å². The van der Waals surface area contributed by atoms with Crippen molar-refractivity contribution in [2.45, 2.75) is 0 Å². The molecule has 21 heavy (non-hydrogen) atoms. The SMILES string of the molecule is O=[N+]([O-])c1cc(Nc2ncnc3ccccc23)ccc1Cl. The van der Waals surface area contributed by atoms with Gasteiger partial charge in [0.15, 0.2) is 0 Å². The maximum atomic E-state index is 10.9. The number of rotatable bonds is 3. The molecule has 1 aromatic heterocycles. The van der Waals surface area contributed by atoms with E-state index < -0.39 is 4.92 Å². The number of nitrogens with one attached hydrogen (secondary N) is 1. The van der Waals surface area contributed by atoms with E-state index in [2.05, 4.69) is 15.3 Å². The van der Waals surface area contributed by atoms with Gasteiger partial charge < -0.3 is 5.32 Å². The second-order valence-corrected chi connectivity index (χ2v) is 4.69. The first kappa shape index (κ1) is 13.3. The zero-order chi connectivity index (χ0) is 14.8. The highest BCUT2D eigenvalue weighted by Crippen LogP contribution is 2.30. The lowest BCUT2D eigenvalue weighted by molar-refractivity contribution is -0.384. The van der Waals surface area contributed by atoms with Crippen LogP contribution in [-0.2, 0) is 0 Å². The first-order chi connectivity index (χ1) is 10.1. The molecule has 0 unspecified atom stereocenters. The van der Waals surface area contributed by atoms with Crippen LogP contribution < -0.4 is 5.32 Å². The van der Waals surface area contributed by atoms with Crippen LogP contribution in [0, 0.1) is 10.1 Å². The fourth-order valence-corrected chi connectivity index (χ4v) is 2.16. The number of aromatic nitrogens is 2. The molecule has 3 rings (SSSR count). The summed E-state index contributed by atoms with van der Waals surface area (Å²) < 4.78 is 0. The van der Waals surface area contributed by atoms with E-state index in [4.69, 9.17) is 11.6 Å². The van der Waals surface area contributed by atoms with Crippen LogP contribution in [0.15, 0.2) is 48.8 Å². The minimum atomic E-state index is -0.522. The maximum Gasteiger partial charge on any atom is 0.289 e. The summed E-state index contributed by atoms with van der Waals surface area (Å²) in [5.74, 6) is 0.581. The van der Waals surface area contributed by atoms with Gasteiger partial charge in [0.2, 0.25) is 0 Å². The molecule has 6 nitrogen and oxygen atoms in total. The lowest BCUT2D eigenvalue weighted by Gasteiger charge is -2.08. The fraction of sp³-hybridized carbons (Fsp3) is 0. The van der Waals surface area contributed by atoms with Gasteiger partial charge in [-0.05, 0) is 24.3 Å². The van der Waals surface area contributed by atoms with Gasteiger partial charge in [0.05, 0.1) is 10.4 Å². The van der Waals surface area contributed by atoms with E-state index in [0.29, 0.717) is 11.5 Å². The van der Waals surface area contributed by atoms with Crippen molar-refractivity contribution in [1.82, 2.24) is 9.97 Å². The number of anilines is 2. The van der Waals surface area contributed by atoms with Gasteiger partial charge in [-0.15, -0.1) is 0 Å². The van der Waals surface area contributed by atoms with Gasteiger partial charge in [0.25, 0.3) is 5.69 Å². The second-order valence-electron chi connectivity index (χ2n) is 4.29. The van der Waals surface area contributed by atoms with E-state index in [1.54, 1.807) is 6.07 Å². The highest BCUT2D eigenvalue weighted by atomic mass is 35.5. The van der Waals surface area contributed by atoms with Crippen molar-refractivity contribution in [3.8, 4) is 0 Å². The Labute approximate surface area is 124 Å². The van der Waals surface area contributed by atoms with E-state index in [9.17, 15) is 10.1 Å². The van der Waals surface area contributed by atoms with Gasteiger partial charge in [0, 0.05) is 17.1 Å². The summed E-state index contributed by atoms with van der Waals surface area (Å²) in [7, 11) is 0. The summed E-state index contributed by atoms with van der Waals surface area (Å²) in [6.07, 6.45) is 1.44. The molecule has 1 N–H and O–H groups in total. The smallest absolute Gasteiger partial charge is 0.289 e. The van der Waals surface area contributed by atoms with Crippen molar-refractivity contribution in [3.63, 3.8) is 0 Å². The predicted octanol–water partition coefficient (Wildman–Crippen LogP) is 3.94. The molecule has 0 fully saturated rings. The molecule has 0 saturated carbocycles. The van der Waals surface area contributed by atoms with Crippen LogP contribution in [-0.4, -0.2) is 14.9 Å². The number of halogens is 1. The third kappa shape index (κ3) is 2.61. The van der Waals surface area contributed by atoms with Crippen molar-refractivity contribution >= 4 is 39.7 Å². The molecule has 0 aliphatic carbocycles. The number of fused-ring (bicyclic) bond motifs is 1. The van der Waals surface area contributed by atoms with Gasteiger partial charge >= 0.3 is 0 Å². The van der Waals surface area contributed by atoms with Gasteiger partial charge in [-0.3, -0.25) is 10.1 Å². The van der Waals surface area contributed by atoms with Gasteiger partial charge in [-0.2, -0.15) is 0 Å². The van der Waals surface area contributed by atoms with Crippen molar-refractivity contribution < 1.29 is 4.92 Å².